The minimum atomic E-state index is -4.59. The number of alkyl halides is 3. The van der Waals surface area contributed by atoms with Crippen molar-refractivity contribution in [3.63, 3.8) is 0 Å². The van der Waals surface area contributed by atoms with E-state index in [1.165, 1.54) is 6.07 Å². The van der Waals surface area contributed by atoms with Gasteiger partial charge in [0.2, 0.25) is 5.91 Å². The maximum atomic E-state index is 12.8. The van der Waals surface area contributed by atoms with Gasteiger partial charge < -0.3 is 10.1 Å². The summed E-state index contributed by atoms with van der Waals surface area (Å²) in [6.07, 6.45) is -4.64. The number of halogens is 5. The molecule has 3 nitrogen and oxygen atoms in total. The SMILES string of the molecule is O=C(CCOc1ccccc1Cl)Nc1ccc(Cl)c(C(F)(F)F)c1. The normalized spacial score (nSPS) is 11.2. The van der Waals surface area contributed by atoms with E-state index in [1.807, 2.05) is 0 Å². The molecule has 0 aliphatic carbocycles. The largest absolute Gasteiger partial charge is 0.491 e. The summed E-state index contributed by atoms with van der Waals surface area (Å²) < 4.78 is 43.6. The number of ether oxygens (including phenoxy) is 1. The van der Waals surface area contributed by atoms with Crippen LogP contribution in [0.15, 0.2) is 42.5 Å². The van der Waals surface area contributed by atoms with Crippen molar-refractivity contribution in [2.24, 2.45) is 0 Å². The van der Waals surface area contributed by atoms with Crippen LogP contribution >= 0.6 is 23.2 Å². The molecule has 0 bridgehead atoms. The number of anilines is 1. The highest BCUT2D eigenvalue weighted by atomic mass is 35.5. The highest BCUT2D eigenvalue weighted by molar-refractivity contribution is 6.32. The summed E-state index contributed by atoms with van der Waals surface area (Å²) >= 11 is 11.4. The molecule has 2 aromatic carbocycles. The molecule has 0 saturated carbocycles. The van der Waals surface area contributed by atoms with Gasteiger partial charge in [0.1, 0.15) is 5.75 Å². The van der Waals surface area contributed by atoms with Gasteiger partial charge in [0.25, 0.3) is 0 Å². The lowest BCUT2D eigenvalue weighted by atomic mass is 10.2. The molecule has 0 radical (unpaired) electrons. The quantitative estimate of drug-likeness (QED) is 0.755. The molecule has 0 heterocycles. The van der Waals surface area contributed by atoms with Crippen molar-refractivity contribution in [1.29, 1.82) is 0 Å². The van der Waals surface area contributed by atoms with Crippen LogP contribution in [0.3, 0.4) is 0 Å². The fourth-order valence-corrected chi connectivity index (χ4v) is 2.27. The van der Waals surface area contributed by atoms with Gasteiger partial charge in [-0.3, -0.25) is 4.79 Å². The Bertz CT molecular complexity index is 736. The number of hydrogen-bond donors (Lipinski definition) is 1. The average Bonchev–Trinajstić information content (AvgIpc) is 2.50. The molecular weight excluding hydrogens is 366 g/mol. The number of carbonyl (C=O) groups excluding carboxylic acids is 1. The first kappa shape index (κ1) is 18.4. The lowest BCUT2D eigenvalue weighted by molar-refractivity contribution is -0.137. The zero-order chi connectivity index (χ0) is 17.7. The van der Waals surface area contributed by atoms with Crippen molar-refractivity contribution in [3.05, 3.63) is 58.1 Å². The summed E-state index contributed by atoms with van der Waals surface area (Å²) in [4.78, 5) is 11.8. The van der Waals surface area contributed by atoms with E-state index in [1.54, 1.807) is 24.3 Å². The van der Waals surface area contributed by atoms with Crippen LogP contribution < -0.4 is 10.1 Å². The number of amides is 1. The number of carbonyl (C=O) groups is 1. The van der Waals surface area contributed by atoms with Crippen LogP contribution in [0.5, 0.6) is 5.75 Å². The molecule has 8 heteroatoms. The van der Waals surface area contributed by atoms with Gasteiger partial charge in [-0.15, -0.1) is 0 Å². The molecule has 128 valence electrons. The minimum absolute atomic E-state index is 0.00877. The summed E-state index contributed by atoms with van der Waals surface area (Å²) in [5.41, 5.74) is -0.997. The van der Waals surface area contributed by atoms with Crippen LogP contribution in [0.4, 0.5) is 18.9 Å². The second-order valence-electron chi connectivity index (χ2n) is 4.77. The molecule has 0 aromatic heterocycles. The van der Waals surface area contributed by atoms with E-state index >= 15 is 0 Å². The van der Waals surface area contributed by atoms with Crippen LogP contribution in [0.25, 0.3) is 0 Å². The number of hydrogen-bond acceptors (Lipinski definition) is 2. The molecule has 2 rings (SSSR count). The fraction of sp³-hybridized carbons (Fsp3) is 0.188. The lowest BCUT2D eigenvalue weighted by Gasteiger charge is -2.12. The van der Waals surface area contributed by atoms with Crippen molar-refractivity contribution in [1.82, 2.24) is 0 Å². The Balaban J connectivity index is 1.92. The molecule has 0 aliphatic heterocycles. The fourth-order valence-electron chi connectivity index (χ4n) is 1.86. The molecule has 24 heavy (non-hydrogen) atoms. The molecule has 1 amide bonds. The van der Waals surface area contributed by atoms with Crippen LogP contribution in [-0.2, 0) is 11.0 Å². The maximum absolute atomic E-state index is 12.8. The van der Waals surface area contributed by atoms with Crippen LogP contribution in [0.2, 0.25) is 10.0 Å². The van der Waals surface area contributed by atoms with E-state index in [4.69, 9.17) is 27.9 Å². The van der Waals surface area contributed by atoms with Gasteiger partial charge in [0, 0.05) is 5.69 Å². The smallest absolute Gasteiger partial charge is 0.417 e. The standard InChI is InChI=1S/C16H12Cl2F3NO2/c17-12-6-5-10(9-11(12)16(19,20)21)22-15(23)7-8-24-14-4-2-1-3-13(14)18/h1-6,9H,7-8H2,(H,22,23). The van der Waals surface area contributed by atoms with Gasteiger partial charge >= 0.3 is 6.18 Å². The Kier molecular flexibility index (Phi) is 5.96. The third kappa shape index (κ3) is 5.04. The first-order valence-corrected chi connectivity index (χ1v) is 7.57. The van der Waals surface area contributed by atoms with Gasteiger partial charge in [-0.2, -0.15) is 13.2 Å². The molecule has 1 N–H and O–H groups in total. The molecule has 2 aromatic rings. The number of nitrogens with one attached hydrogen (secondary N) is 1. The summed E-state index contributed by atoms with van der Waals surface area (Å²) in [6, 6.07) is 9.92. The van der Waals surface area contributed by atoms with Gasteiger partial charge in [0.15, 0.2) is 0 Å². The van der Waals surface area contributed by atoms with Crippen molar-refractivity contribution in [2.75, 3.05) is 11.9 Å². The first-order chi connectivity index (χ1) is 11.3. The number of rotatable bonds is 5. The minimum Gasteiger partial charge on any atom is -0.491 e. The summed E-state index contributed by atoms with van der Waals surface area (Å²) in [5, 5.41) is 2.35. The second kappa shape index (κ2) is 7.77. The van der Waals surface area contributed by atoms with Crippen molar-refractivity contribution in [3.8, 4) is 5.75 Å². The van der Waals surface area contributed by atoms with E-state index in [2.05, 4.69) is 5.32 Å². The van der Waals surface area contributed by atoms with Gasteiger partial charge in [-0.25, -0.2) is 0 Å². The molecular formula is C16H12Cl2F3NO2. The van der Waals surface area contributed by atoms with Crippen molar-refractivity contribution < 1.29 is 22.7 Å². The van der Waals surface area contributed by atoms with E-state index in [0.717, 1.165) is 12.1 Å². The van der Waals surface area contributed by atoms with E-state index < -0.39 is 22.7 Å². The van der Waals surface area contributed by atoms with Crippen molar-refractivity contribution >= 4 is 34.8 Å². The van der Waals surface area contributed by atoms with Crippen LogP contribution in [0, 0.1) is 0 Å². The van der Waals surface area contributed by atoms with Crippen LogP contribution in [-0.4, -0.2) is 12.5 Å². The molecule has 0 fully saturated rings. The third-order valence-corrected chi connectivity index (χ3v) is 3.62. The number of para-hydroxylation sites is 1. The molecule has 0 unspecified atom stereocenters. The molecule has 0 atom stereocenters. The van der Waals surface area contributed by atoms with Crippen molar-refractivity contribution in [2.45, 2.75) is 12.6 Å². The Labute approximate surface area is 146 Å². The predicted octanol–water partition coefficient (Wildman–Crippen LogP) is 5.42. The van der Waals surface area contributed by atoms with Crippen LogP contribution in [0.1, 0.15) is 12.0 Å². The van der Waals surface area contributed by atoms with Gasteiger partial charge in [-0.05, 0) is 30.3 Å². The zero-order valence-corrected chi connectivity index (χ0v) is 13.7. The maximum Gasteiger partial charge on any atom is 0.417 e. The summed E-state index contributed by atoms with van der Waals surface area (Å²) in [7, 11) is 0. The predicted molar refractivity (Wildman–Crippen MR) is 86.6 cm³/mol. The lowest BCUT2D eigenvalue weighted by Crippen LogP contribution is -2.16. The first-order valence-electron chi connectivity index (χ1n) is 6.81. The molecule has 0 spiro atoms. The third-order valence-electron chi connectivity index (χ3n) is 2.98. The Morgan fingerprint density at radius 3 is 2.46 bits per heavy atom. The zero-order valence-electron chi connectivity index (χ0n) is 12.2. The van der Waals surface area contributed by atoms with Gasteiger partial charge in [0.05, 0.1) is 28.6 Å². The number of benzene rings is 2. The topological polar surface area (TPSA) is 38.3 Å². The summed E-state index contributed by atoms with van der Waals surface area (Å²) in [6.45, 7) is 0.0370. The molecule has 0 aliphatic rings. The Morgan fingerprint density at radius 1 is 1.08 bits per heavy atom. The Morgan fingerprint density at radius 2 is 1.79 bits per heavy atom. The average molecular weight is 378 g/mol. The van der Waals surface area contributed by atoms with E-state index in [0.29, 0.717) is 10.8 Å². The summed E-state index contributed by atoms with van der Waals surface area (Å²) in [5.74, 6) is -0.0599. The van der Waals surface area contributed by atoms with E-state index in [9.17, 15) is 18.0 Å². The monoisotopic (exact) mass is 377 g/mol. The molecule has 0 saturated heterocycles. The Hall–Kier alpha value is -1.92. The highest BCUT2D eigenvalue weighted by Crippen LogP contribution is 2.36. The highest BCUT2D eigenvalue weighted by Gasteiger charge is 2.33. The van der Waals surface area contributed by atoms with Gasteiger partial charge in [-0.1, -0.05) is 35.3 Å². The van der Waals surface area contributed by atoms with E-state index in [-0.39, 0.29) is 18.7 Å². The second-order valence-corrected chi connectivity index (χ2v) is 5.58.